The van der Waals surface area contributed by atoms with E-state index in [4.69, 9.17) is 0 Å². The Bertz CT molecular complexity index is 412. The van der Waals surface area contributed by atoms with E-state index < -0.39 is 0 Å². The molecule has 17 heavy (non-hydrogen) atoms. The normalized spacial score (nSPS) is 17.3. The van der Waals surface area contributed by atoms with Gasteiger partial charge in [-0.2, -0.15) is 11.8 Å². The molecule has 0 unspecified atom stereocenters. The highest BCUT2D eigenvalue weighted by atomic mass is 79.9. The molecule has 1 saturated carbocycles. The maximum absolute atomic E-state index is 12.0. The van der Waals surface area contributed by atoms with Crippen molar-refractivity contribution in [2.45, 2.75) is 24.0 Å². The van der Waals surface area contributed by atoms with Crippen molar-refractivity contribution in [3.8, 4) is 0 Å². The van der Waals surface area contributed by atoms with Gasteiger partial charge in [0.1, 0.15) is 0 Å². The van der Waals surface area contributed by atoms with Crippen molar-refractivity contribution in [3.05, 3.63) is 34.3 Å². The molecule has 1 aliphatic carbocycles. The van der Waals surface area contributed by atoms with E-state index in [1.54, 1.807) is 0 Å². The zero-order valence-corrected chi connectivity index (χ0v) is 12.2. The van der Waals surface area contributed by atoms with Gasteiger partial charge >= 0.3 is 0 Å². The molecule has 0 heterocycles. The minimum Gasteiger partial charge on any atom is -0.351 e. The van der Waals surface area contributed by atoms with Crippen LogP contribution >= 0.6 is 27.7 Å². The summed E-state index contributed by atoms with van der Waals surface area (Å²) in [6, 6.07) is 7.53. The zero-order valence-electron chi connectivity index (χ0n) is 9.83. The number of rotatable bonds is 4. The lowest BCUT2D eigenvalue weighted by Crippen LogP contribution is -2.45. The Kier molecular flexibility index (Phi) is 4.15. The number of nitrogens with one attached hydrogen (secondary N) is 1. The summed E-state index contributed by atoms with van der Waals surface area (Å²) in [6.45, 7) is 0.772. The molecule has 1 aromatic rings. The Morgan fingerprint density at radius 2 is 2.18 bits per heavy atom. The topological polar surface area (TPSA) is 29.1 Å². The quantitative estimate of drug-likeness (QED) is 0.922. The summed E-state index contributed by atoms with van der Waals surface area (Å²) in [7, 11) is 0. The molecule has 0 aliphatic heterocycles. The fraction of sp³-hybridized carbons (Fsp3) is 0.462. The van der Waals surface area contributed by atoms with Crippen LogP contribution in [0.2, 0.25) is 0 Å². The van der Waals surface area contributed by atoms with Crippen LogP contribution in [0.5, 0.6) is 0 Å². The highest BCUT2D eigenvalue weighted by molar-refractivity contribution is 9.10. The number of amides is 1. The number of hydrogen-bond acceptors (Lipinski definition) is 2. The molecule has 1 aliphatic rings. The van der Waals surface area contributed by atoms with Crippen molar-refractivity contribution < 1.29 is 4.79 Å². The molecule has 2 rings (SSSR count). The second-order valence-corrected chi connectivity index (χ2v) is 6.53. The predicted molar refractivity (Wildman–Crippen MR) is 76.6 cm³/mol. The molecule has 1 fully saturated rings. The van der Waals surface area contributed by atoms with E-state index in [1.165, 1.54) is 19.3 Å². The van der Waals surface area contributed by atoms with Crippen LogP contribution in [0.15, 0.2) is 28.7 Å². The highest BCUT2D eigenvalue weighted by Gasteiger charge is 2.36. The number of thioether (sulfide) groups is 1. The largest absolute Gasteiger partial charge is 0.351 e. The van der Waals surface area contributed by atoms with Gasteiger partial charge in [-0.3, -0.25) is 4.79 Å². The van der Waals surface area contributed by atoms with Crippen molar-refractivity contribution in [2.75, 3.05) is 12.8 Å². The Balaban J connectivity index is 1.96. The summed E-state index contributed by atoms with van der Waals surface area (Å²) in [4.78, 5) is 12.0. The fourth-order valence-corrected chi connectivity index (χ4v) is 3.38. The maximum atomic E-state index is 12.0. The first-order valence-electron chi connectivity index (χ1n) is 5.75. The Hall–Kier alpha value is -0.480. The smallest absolute Gasteiger partial charge is 0.252 e. The van der Waals surface area contributed by atoms with Crippen molar-refractivity contribution in [1.82, 2.24) is 5.32 Å². The average Bonchev–Trinajstić information content (AvgIpc) is 2.28. The first kappa shape index (κ1) is 13.0. The molecule has 1 N–H and O–H groups in total. The van der Waals surface area contributed by atoms with Gasteiger partial charge in [-0.25, -0.2) is 0 Å². The average molecular weight is 314 g/mol. The van der Waals surface area contributed by atoms with Gasteiger partial charge in [0, 0.05) is 15.8 Å². The lowest BCUT2D eigenvalue weighted by molar-refractivity contribution is 0.0943. The number of halogens is 1. The van der Waals surface area contributed by atoms with Crippen LogP contribution in [0, 0.1) is 0 Å². The van der Waals surface area contributed by atoms with Crippen LogP contribution in [0.3, 0.4) is 0 Å². The van der Waals surface area contributed by atoms with Gasteiger partial charge in [0.15, 0.2) is 0 Å². The predicted octanol–water partition coefficient (Wildman–Crippen LogP) is 3.46. The van der Waals surface area contributed by atoms with Crippen molar-refractivity contribution in [3.63, 3.8) is 0 Å². The molecule has 92 valence electrons. The first-order chi connectivity index (χ1) is 8.17. The van der Waals surface area contributed by atoms with Crippen molar-refractivity contribution >= 4 is 33.6 Å². The minimum atomic E-state index is 0.0119. The summed E-state index contributed by atoms with van der Waals surface area (Å²) < 4.78 is 1.14. The fourth-order valence-electron chi connectivity index (χ4n) is 2.01. The molecule has 2 nitrogen and oxygen atoms in total. The summed E-state index contributed by atoms with van der Waals surface area (Å²) >= 11 is 5.27. The molecular formula is C13H16BrNOS. The molecule has 4 heteroatoms. The Morgan fingerprint density at radius 3 is 2.71 bits per heavy atom. The van der Waals surface area contributed by atoms with Crippen LogP contribution in [-0.2, 0) is 0 Å². The van der Waals surface area contributed by atoms with Crippen LogP contribution in [0.4, 0.5) is 0 Å². The molecule has 1 aromatic carbocycles. The number of carbonyl (C=O) groups excluding carboxylic acids is 1. The van der Waals surface area contributed by atoms with Gasteiger partial charge in [0.05, 0.1) is 5.56 Å². The summed E-state index contributed by atoms with van der Waals surface area (Å²) in [5, 5.41) is 3.04. The second-order valence-electron chi connectivity index (χ2n) is 4.40. The van der Waals surface area contributed by atoms with Gasteiger partial charge in [-0.05, 0) is 47.2 Å². The van der Waals surface area contributed by atoms with Gasteiger partial charge in [-0.15, -0.1) is 0 Å². The zero-order chi connectivity index (χ0) is 12.3. The van der Waals surface area contributed by atoms with E-state index in [1.807, 2.05) is 36.0 Å². The molecule has 0 spiro atoms. The summed E-state index contributed by atoms with van der Waals surface area (Å²) in [6.07, 6.45) is 5.84. The SMILES string of the molecule is CSC1(CNC(=O)c2ccccc2Br)CCC1. The third kappa shape index (κ3) is 2.86. The lowest BCUT2D eigenvalue weighted by Gasteiger charge is -2.40. The highest BCUT2D eigenvalue weighted by Crippen LogP contribution is 2.42. The van der Waals surface area contributed by atoms with Crippen molar-refractivity contribution in [2.24, 2.45) is 0 Å². The van der Waals surface area contributed by atoms with Gasteiger partial charge in [-0.1, -0.05) is 18.6 Å². The number of benzene rings is 1. The first-order valence-corrected chi connectivity index (χ1v) is 7.76. The molecule has 1 amide bonds. The van der Waals surface area contributed by atoms with Crippen LogP contribution in [-0.4, -0.2) is 23.5 Å². The van der Waals surface area contributed by atoms with Gasteiger partial charge < -0.3 is 5.32 Å². The van der Waals surface area contributed by atoms with E-state index >= 15 is 0 Å². The molecule has 0 bridgehead atoms. The third-order valence-electron chi connectivity index (χ3n) is 3.39. The van der Waals surface area contributed by atoms with Crippen LogP contribution < -0.4 is 5.32 Å². The second kappa shape index (κ2) is 5.44. The molecule has 0 radical (unpaired) electrons. The van der Waals surface area contributed by atoms with E-state index in [2.05, 4.69) is 27.5 Å². The summed E-state index contributed by atoms with van der Waals surface area (Å²) in [5.41, 5.74) is 0.711. The standard InChI is InChI=1S/C13H16BrNOS/c1-17-13(7-4-8-13)9-15-12(16)10-5-2-3-6-11(10)14/h2-3,5-6H,4,7-9H2,1H3,(H,15,16). The van der Waals surface area contributed by atoms with Crippen LogP contribution in [0.1, 0.15) is 29.6 Å². The Morgan fingerprint density at radius 1 is 1.47 bits per heavy atom. The molecule has 0 aromatic heterocycles. The monoisotopic (exact) mass is 313 g/mol. The van der Waals surface area contributed by atoms with E-state index in [-0.39, 0.29) is 10.7 Å². The van der Waals surface area contributed by atoms with E-state index in [0.29, 0.717) is 5.56 Å². The van der Waals surface area contributed by atoms with Gasteiger partial charge in [0.2, 0.25) is 0 Å². The molecule has 0 atom stereocenters. The molecular weight excluding hydrogens is 298 g/mol. The summed E-state index contributed by atoms with van der Waals surface area (Å²) in [5.74, 6) is 0.0119. The van der Waals surface area contributed by atoms with Crippen LogP contribution in [0.25, 0.3) is 0 Å². The van der Waals surface area contributed by atoms with E-state index in [9.17, 15) is 4.79 Å². The third-order valence-corrected chi connectivity index (χ3v) is 5.50. The van der Waals surface area contributed by atoms with E-state index in [0.717, 1.165) is 11.0 Å². The number of carbonyl (C=O) groups is 1. The lowest BCUT2D eigenvalue weighted by atomic mass is 9.84. The Labute approximate surface area is 115 Å². The minimum absolute atomic E-state index is 0.0119. The molecule has 0 saturated heterocycles. The maximum Gasteiger partial charge on any atom is 0.252 e. The number of hydrogen-bond donors (Lipinski definition) is 1. The van der Waals surface area contributed by atoms with Crippen molar-refractivity contribution in [1.29, 1.82) is 0 Å². The van der Waals surface area contributed by atoms with Gasteiger partial charge in [0.25, 0.3) is 5.91 Å².